The van der Waals surface area contributed by atoms with Gasteiger partial charge in [-0.25, -0.2) is 4.98 Å². The van der Waals surface area contributed by atoms with Gasteiger partial charge < -0.3 is 14.5 Å². The number of nitrogens with zero attached hydrogens (tertiary/aromatic N) is 1. The Morgan fingerprint density at radius 2 is 2.00 bits per heavy atom. The summed E-state index contributed by atoms with van der Waals surface area (Å²) in [5.41, 5.74) is 0.803. The van der Waals surface area contributed by atoms with Gasteiger partial charge in [-0.05, 0) is 21.3 Å². The third kappa shape index (κ3) is 3.60. The first-order chi connectivity index (χ1) is 8.31. The minimum Gasteiger partial charge on any atom is -0.378 e. The molecule has 0 saturated carbocycles. The molecular formula is C12H19BrN2O2S. The van der Waals surface area contributed by atoms with E-state index in [2.05, 4.69) is 46.7 Å². The van der Waals surface area contributed by atoms with Crippen molar-refractivity contribution in [2.75, 3.05) is 14.2 Å². The molecule has 1 atom stereocenters. The number of aromatic nitrogens is 2. The average molecular weight is 335 g/mol. The second-order valence-electron chi connectivity index (χ2n) is 5.13. The molecule has 0 aliphatic rings. The molecule has 0 amide bonds. The molecule has 0 radical (unpaired) electrons. The molecule has 0 fully saturated rings. The monoisotopic (exact) mass is 334 g/mol. The molecule has 0 spiro atoms. The maximum Gasteiger partial charge on any atom is 0.144 e. The Labute approximate surface area is 121 Å². The fraction of sp³-hybridized carbons (Fsp3) is 0.667. The van der Waals surface area contributed by atoms with Gasteiger partial charge in [0.05, 0.1) is 16.8 Å². The number of methoxy groups -OCH3 is 2. The lowest BCUT2D eigenvalue weighted by molar-refractivity contribution is 0.00813. The molecule has 0 bridgehead atoms. The smallest absolute Gasteiger partial charge is 0.144 e. The van der Waals surface area contributed by atoms with E-state index in [0.29, 0.717) is 11.2 Å². The third-order valence-electron chi connectivity index (χ3n) is 2.51. The van der Waals surface area contributed by atoms with Crippen LogP contribution in [0.2, 0.25) is 0 Å². The molecule has 1 heterocycles. The van der Waals surface area contributed by atoms with E-state index in [1.165, 1.54) is 0 Å². The van der Waals surface area contributed by atoms with Crippen LogP contribution in [0, 0.1) is 10.1 Å². The first-order valence-corrected chi connectivity index (χ1v) is 6.81. The van der Waals surface area contributed by atoms with Gasteiger partial charge in [0.15, 0.2) is 0 Å². The highest BCUT2D eigenvalue weighted by Gasteiger charge is 2.28. The third-order valence-corrected chi connectivity index (χ3v) is 3.93. The zero-order chi connectivity index (χ0) is 13.9. The van der Waals surface area contributed by atoms with Crippen LogP contribution in [0.25, 0.3) is 0 Å². The molecule has 6 heteroatoms. The van der Waals surface area contributed by atoms with Crippen LogP contribution in [0.5, 0.6) is 0 Å². The van der Waals surface area contributed by atoms with Crippen molar-refractivity contribution in [1.29, 1.82) is 0 Å². The van der Waals surface area contributed by atoms with Crippen LogP contribution in [0.15, 0.2) is 4.47 Å². The predicted octanol–water partition coefficient (Wildman–Crippen LogP) is 3.78. The second-order valence-corrected chi connectivity index (χ2v) is 6.31. The molecule has 0 saturated heterocycles. The Morgan fingerprint density at radius 1 is 1.39 bits per heavy atom. The van der Waals surface area contributed by atoms with Crippen molar-refractivity contribution < 1.29 is 9.47 Å². The van der Waals surface area contributed by atoms with Crippen molar-refractivity contribution in [3.8, 4) is 0 Å². The molecule has 1 aromatic heterocycles. The normalized spacial score (nSPS) is 13.7. The summed E-state index contributed by atoms with van der Waals surface area (Å²) < 4.78 is 12.0. The summed E-state index contributed by atoms with van der Waals surface area (Å²) in [5, 5.41) is 0. The highest BCUT2D eigenvalue weighted by molar-refractivity contribution is 9.10. The van der Waals surface area contributed by atoms with Crippen LogP contribution in [-0.4, -0.2) is 24.2 Å². The van der Waals surface area contributed by atoms with Crippen molar-refractivity contribution in [3.63, 3.8) is 0 Å². The van der Waals surface area contributed by atoms with E-state index in [9.17, 15) is 0 Å². The summed E-state index contributed by atoms with van der Waals surface area (Å²) in [4.78, 5) is 7.62. The summed E-state index contributed by atoms with van der Waals surface area (Å²) in [5.74, 6) is 0.727. The molecule has 0 aliphatic carbocycles. The van der Waals surface area contributed by atoms with E-state index >= 15 is 0 Å². The van der Waals surface area contributed by atoms with Crippen LogP contribution >= 0.6 is 28.1 Å². The predicted molar refractivity (Wildman–Crippen MR) is 77.0 cm³/mol. The maximum atomic E-state index is 5.53. The Bertz CT molecular complexity index is 468. The van der Waals surface area contributed by atoms with E-state index in [0.717, 1.165) is 16.0 Å². The van der Waals surface area contributed by atoms with Crippen LogP contribution in [0.3, 0.4) is 0 Å². The highest BCUT2D eigenvalue weighted by Crippen LogP contribution is 2.34. The molecule has 1 unspecified atom stereocenters. The Morgan fingerprint density at radius 3 is 2.44 bits per heavy atom. The maximum absolute atomic E-state index is 5.53. The highest BCUT2D eigenvalue weighted by atomic mass is 79.9. The van der Waals surface area contributed by atoms with Gasteiger partial charge in [0.2, 0.25) is 0 Å². The number of halogens is 1. The zero-order valence-corrected chi connectivity index (χ0v) is 13.7. The minimum atomic E-state index is -0.150. The Hall–Kier alpha value is -0.300. The Kier molecular flexibility index (Phi) is 5.46. The molecular weight excluding hydrogens is 316 g/mol. The number of hydrogen-bond donors (Lipinski definition) is 1. The average Bonchev–Trinajstić information content (AvgIpc) is 2.24. The molecule has 1 N–H and O–H groups in total. The van der Waals surface area contributed by atoms with Gasteiger partial charge in [-0.1, -0.05) is 33.0 Å². The number of ether oxygens (including phenoxy) is 2. The lowest BCUT2D eigenvalue weighted by Crippen LogP contribution is -2.23. The van der Waals surface area contributed by atoms with Crippen LogP contribution in [0.4, 0.5) is 0 Å². The summed E-state index contributed by atoms with van der Waals surface area (Å²) in [6.45, 7) is 6.73. The van der Waals surface area contributed by atoms with Crippen molar-refractivity contribution in [1.82, 2.24) is 9.97 Å². The van der Waals surface area contributed by atoms with Crippen molar-refractivity contribution in [2.45, 2.75) is 33.5 Å². The first kappa shape index (κ1) is 15.8. The molecule has 102 valence electrons. The van der Waals surface area contributed by atoms with Gasteiger partial charge in [-0.2, -0.15) is 0 Å². The first-order valence-electron chi connectivity index (χ1n) is 5.61. The summed E-state index contributed by atoms with van der Waals surface area (Å²) in [7, 11) is 3.31. The Balaban J connectivity index is 3.29. The molecule has 0 aliphatic heterocycles. The van der Waals surface area contributed by atoms with Crippen LogP contribution in [0.1, 0.15) is 38.4 Å². The molecule has 4 nitrogen and oxygen atoms in total. The van der Waals surface area contributed by atoms with Crippen LogP contribution < -0.4 is 0 Å². The SMILES string of the molecule is COCc1[nH]c(C(OC)C(C)(C)C)nc(=S)c1Br. The van der Waals surface area contributed by atoms with Gasteiger partial charge in [0.1, 0.15) is 16.6 Å². The largest absolute Gasteiger partial charge is 0.378 e. The second kappa shape index (κ2) is 6.23. The van der Waals surface area contributed by atoms with Crippen molar-refractivity contribution in [3.05, 3.63) is 20.6 Å². The van der Waals surface area contributed by atoms with E-state index in [-0.39, 0.29) is 11.5 Å². The summed E-state index contributed by atoms with van der Waals surface area (Å²) >= 11 is 8.66. The molecule has 1 aromatic rings. The minimum absolute atomic E-state index is 0.0712. The van der Waals surface area contributed by atoms with Gasteiger partial charge in [0, 0.05) is 14.2 Å². The van der Waals surface area contributed by atoms with Gasteiger partial charge in [-0.3, -0.25) is 0 Å². The lowest BCUT2D eigenvalue weighted by atomic mass is 9.88. The van der Waals surface area contributed by atoms with Crippen LogP contribution in [-0.2, 0) is 16.1 Å². The van der Waals surface area contributed by atoms with Crippen molar-refractivity contribution in [2.24, 2.45) is 5.41 Å². The number of hydrogen-bond acceptors (Lipinski definition) is 4. The quantitative estimate of drug-likeness (QED) is 0.851. The molecule has 18 heavy (non-hydrogen) atoms. The lowest BCUT2D eigenvalue weighted by Gasteiger charge is -2.28. The van der Waals surface area contributed by atoms with E-state index < -0.39 is 0 Å². The molecule has 1 rings (SSSR count). The zero-order valence-electron chi connectivity index (χ0n) is 11.3. The summed E-state index contributed by atoms with van der Waals surface area (Å²) in [6, 6.07) is 0. The number of H-pyrrole nitrogens is 1. The fourth-order valence-electron chi connectivity index (χ4n) is 1.77. The van der Waals surface area contributed by atoms with Gasteiger partial charge in [0.25, 0.3) is 0 Å². The standard InChI is InChI=1S/C12H19BrN2O2S/c1-12(2,3)9(17-5)10-14-7(6-16-4)8(13)11(18)15-10/h9H,6H2,1-5H3,(H,14,15,18). The van der Waals surface area contributed by atoms with E-state index in [1.807, 2.05) is 0 Å². The summed E-state index contributed by atoms with van der Waals surface area (Å²) in [6.07, 6.45) is -0.150. The number of rotatable bonds is 4. The van der Waals surface area contributed by atoms with Gasteiger partial charge in [-0.15, -0.1) is 0 Å². The van der Waals surface area contributed by atoms with E-state index in [1.54, 1.807) is 14.2 Å². The van der Waals surface area contributed by atoms with Gasteiger partial charge >= 0.3 is 0 Å². The number of aromatic amines is 1. The fourth-order valence-corrected chi connectivity index (χ4v) is 2.29. The number of nitrogens with one attached hydrogen (secondary N) is 1. The van der Waals surface area contributed by atoms with Crippen molar-refractivity contribution >= 4 is 28.1 Å². The molecule has 0 aromatic carbocycles. The van der Waals surface area contributed by atoms with E-state index in [4.69, 9.17) is 21.7 Å². The topological polar surface area (TPSA) is 47.1 Å².